The van der Waals surface area contributed by atoms with Gasteiger partial charge in [0.2, 0.25) is 0 Å². The second-order valence-corrected chi connectivity index (χ2v) is 6.40. The van der Waals surface area contributed by atoms with E-state index in [1.807, 2.05) is 0 Å². The summed E-state index contributed by atoms with van der Waals surface area (Å²) in [5, 5.41) is 0. The molecule has 0 spiro atoms. The Balaban J connectivity index is 1.52. The molecule has 0 aliphatic carbocycles. The molecule has 0 saturated carbocycles. The quantitative estimate of drug-likeness (QED) is 0.730. The van der Waals surface area contributed by atoms with Crippen LogP contribution in [0.5, 0.6) is 0 Å². The van der Waals surface area contributed by atoms with E-state index < -0.39 is 0 Å². The summed E-state index contributed by atoms with van der Waals surface area (Å²) in [6.07, 6.45) is 0. The standard InChI is InChI=1S/C8H16N2S3/c1-3-11-5-9(1)7-13-8-10-2-4-12-6-10/h1-8H2. The number of thioether (sulfide) groups is 3. The average Bonchev–Trinajstić information content (AvgIpc) is 2.75. The predicted octanol–water partition coefficient (Wildman–Crippen LogP) is 1.65. The third kappa shape index (κ3) is 3.55. The smallest absolute Gasteiger partial charge is 0.0465 e. The molecule has 0 radical (unpaired) electrons. The zero-order chi connectivity index (χ0) is 8.93. The van der Waals surface area contributed by atoms with Gasteiger partial charge in [-0.1, -0.05) is 0 Å². The highest BCUT2D eigenvalue weighted by Gasteiger charge is 2.14. The summed E-state index contributed by atoms with van der Waals surface area (Å²) in [5.41, 5.74) is 0. The Morgan fingerprint density at radius 3 is 1.85 bits per heavy atom. The van der Waals surface area contributed by atoms with E-state index in [0.29, 0.717) is 0 Å². The van der Waals surface area contributed by atoms with Crippen molar-refractivity contribution in [2.24, 2.45) is 0 Å². The van der Waals surface area contributed by atoms with Gasteiger partial charge in [-0.25, -0.2) is 0 Å². The van der Waals surface area contributed by atoms with Gasteiger partial charge < -0.3 is 0 Å². The van der Waals surface area contributed by atoms with Crippen LogP contribution in [0.3, 0.4) is 0 Å². The lowest BCUT2D eigenvalue weighted by Gasteiger charge is -2.17. The van der Waals surface area contributed by atoms with Gasteiger partial charge in [0.1, 0.15) is 0 Å². The molecule has 2 nitrogen and oxygen atoms in total. The van der Waals surface area contributed by atoms with Crippen LogP contribution in [0.25, 0.3) is 0 Å². The monoisotopic (exact) mass is 236 g/mol. The van der Waals surface area contributed by atoms with Gasteiger partial charge in [0.05, 0.1) is 0 Å². The molecular weight excluding hydrogens is 220 g/mol. The average molecular weight is 236 g/mol. The lowest BCUT2D eigenvalue weighted by molar-refractivity contribution is 0.405. The minimum Gasteiger partial charge on any atom is -0.284 e. The van der Waals surface area contributed by atoms with E-state index in [4.69, 9.17) is 0 Å². The molecule has 0 aromatic rings. The van der Waals surface area contributed by atoms with Gasteiger partial charge in [-0.3, -0.25) is 9.80 Å². The van der Waals surface area contributed by atoms with Crippen LogP contribution in [-0.2, 0) is 0 Å². The number of hydrogen-bond acceptors (Lipinski definition) is 5. The van der Waals surface area contributed by atoms with Gasteiger partial charge in [0.25, 0.3) is 0 Å². The van der Waals surface area contributed by atoms with E-state index in [2.05, 4.69) is 45.1 Å². The van der Waals surface area contributed by atoms with Crippen LogP contribution < -0.4 is 0 Å². The Bertz CT molecular complexity index is 128. The first-order valence-corrected chi connectivity index (χ1v) is 8.09. The number of rotatable bonds is 4. The van der Waals surface area contributed by atoms with E-state index in [1.165, 1.54) is 48.1 Å². The minimum atomic E-state index is 1.23. The van der Waals surface area contributed by atoms with Crippen molar-refractivity contribution in [1.82, 2.24) is 9.80 Å². The van der Waals surface area contributed by atoms with E-state index in [9.17, 15) is 0 Å². The summed E-state index contributed by atoms with van der Waals surface area (Å²) in [5.74, 6) is 7.63. The summed E-state index contributed by atoms with van der Waals surface area (Å²) in [6, 6.07) is 0. The zero-order valence-electron chi connectivity index (χ0n) is 7.78. The third-order valence-electron chi connectivity index (χ3n) is 2.20. The molecule has 0 unspecified atom stereocenters. The van der Waals surface area contributed by atoms with E-state index in [0.717, 1.165) is 0 Å². The molecule has 0 aromatic carbocycles. The van der Waals surface area contributed by atoms with E-state index in [1.54, 1.807) is 0 Å². The van der Waals surface area contributed by atoms with Gasteiger partial charge in [-0.2, -0.15) is 0 Å². The fourth-order valence-electron chi connectivity index (χ4n) is 1.41. The van der Waals surface area contributed by atoms with Crippen LogP contribution in [-0.4, -0.2) is 57.9 Å². The van der Waals surface area contributed by atoms with Crippen LogP contribution >= 0.6 is 35.3 Å². The summed E-state index contributed by atoms with van der Waals surface area (Å²) < 4.78 is 0. The van der Waals surface area contributed by atoms with Crippen molar-refractivity contribution >= 4 is 35.3 Å². The fourth-order valence-corrected chi connectivity index (χ4v) is 4.67. The van der Waals surface area contributed by atoms with Gasteiger partial charge in [-0.15, -0.1) is 35.3 Å². The molecule has 0 atom stereocenters. The maximum absolute atomic E-state index is 2.54. The maximum Gasteiger partial charge on any atom is 0.0465 e. The largest absolute Gasteiger partial charge is 0.284 e. The van der Waals surface area contributed by atoms with Crippen LogP contribution in [0.1, 0.15) is 0 Å². The highest BCUT2D eigenvalue weighted by Crippen LogP contribution is 2.19. The Kier molecular flexibility index (Phi) is 4.64. The molecule has 2 aliphatic heterocycles. The van der Waals surface area contributed by atoms with Gasteiger partial charge in [-0.05, 0) is 0 Å². The first-order valence-electron chi connectivity index (χ1n) is 4.63. The Hall–Kier alpha value is 0.970. The molecule has 76 valence electrons. The van der Waals surface area contributed by atoms with E-state index >= 15 is 0 Å². The van der Waals surface area contributed by atoms with Crippen molar-refractivity contribution in [2.75, 3.05) is 48.1 Å². The normalized spacial score (nSPS) is 25.8. The van der Waals surface area contributed by atoms with Crippen molar-refractivity contribution in [2.45, 2.75) is 0 Å². The molecular formula is C8H16N2S3. The highest BCUT2D eigenvalue weighted by atomic mass is 32.2. The van der Waals surface area contributed by atoms with Crippen LogP contribution in [0.4, 0.5) is 0 Å². The SMILES string of the molecule is C1CN(CSCN2CCSC2)CS1. The maximum atomic E-state index is 2.54. The first kappa shape index (κ1) is 10.5. The Morgan fingerprint density at radius 2 is 1.46 bits per heavy atom. The molecule has 0 aromatic heterocycles. The van der Waals surface area contributed by atoms with Crippen molar-refractivity contribution in [1.29, 1.82) is 0 Å². The zero-order valence-corrected chi connectivity index (χ0v) is 10.2. The topological polar surface area (TPSA) is 6.48 Å². The van der Waals surface area contributed by atoms with Crippen LogP contribution in [0.15, 0.2) is 0 Å². The molecule has 13 heavy (non-hydrogen) atoms. The summed E-state index contributed by atoms with van der Waals surface area (Å²) in [4.78, 5) is 5.08. The van der Waals surface area contributed by atoms with Crippen molar-refractivity contribution in [3.05, 3.63) is 0 Å². The molecule has 2 fully saturated rings. The summed E-state index contributed by atoms with van der Waals surface area (Å²) in [6.45, 7) is 2.60. The van der Waals surface area contributed by atoms with Crippen molar-refractivity contribution in [3.8, 4) is 0 Å². The molecule has 0 amide bonds. The summed E-state index contributed by atoms with van der Waals surface area (Å²) >= 11 is 6.19. The third-order valence-corrected chi connectivity index (χ3v) is 5.33. The van der Waals surface area contributed by atoms with Crippen molar-refractivity contribution < 1.29 is 0 Å². The van der Waals surface area contributed by atoms with Crippen LogP contribution in [0.2, 0.25) is 0 Å². The minimum absolute atomic E-state index is 1.23. The number of hydrogen-bond donors (Lipinski definition) is 0. The molecule has 2 rings (SSSR count). The Labute approximate surface area is 93.2 Å². The summed E-state index contributed by atoms with van der Waals surface area (Å²) in [7, 11) is 0. The van der Waals surface area contributed by atoms with Crippen LogP contribution in [0, 0.1) is 0 Å². The molecule has 0 N–H and O–H groups in total. The van der Waals surface area contributed by atoms with Gasteiger partial charge in [0.15, 0.2) is 0 Å². The van der Waals surface area contributed by atoms with Gasteiger partial charge in [0, 0.05) is 48.1 Å². The first-order chi connectivity index (χ1) is 6.45. The lowest BCUT2D eigenvalue weighted by atomic mass is 10.7. The molecule has 5 heteroatoms. The second-order valence-electron chi connectivity index (χ2n) is 3.33. The predicted molar refractivity (Wildman–Crippen MR) is 65.4 cm³/mol. The van der Waals surface area contributed by atoms with E-state index in [-0.39, 0.29) is 0 Å². The fraction of sp³-hybridized carbons (Fsp3) is 1.00. The van der Waals surface area contributed by atoms with Crippen molar-refractivity contribution in [3.63, 3.8) is 0 Å². The number of nitrogens with zero attached hydrogens (tertiary/aromatic N) is 2. The highest BCUT2D eigenvalue weighted by molar-refractivity contribution is 8.00. The Morgan fingerprint density at radius 1 is 0.923 bits per heavy atom. The van der Waals surface area contributed by atoms with Gasteiger partial charge >= 0.3 is 0 Å². The molecule has 2 saturated heterocycles. The lowest BCUT2D eigenvalue weighted by Crippen LogP contribution is -2.23. The molecule has 2 heterocycles. The molecule has 2 aliphatic rings. The second kappa shape index (κ2) is 5.75. The molecule has 0 bridgehead atoms.